The first kappa shape index (κ1) is 16.2. The lowest BCUT2D eigenvalue weighted by Crippen LogP contribution is -2.59. The fourth-order valence-electron chi connectivity index (χ4n) is 3.68. The van der Waals surface area contributed by atoms with Crippen molar-refractivity contribution in [1.82, 2.24) is 19.9 Å². The first-order valence-corrected chi connectivity index (χ1v) is 8.65. The summed E-state index contributed by atoms with van der Waals surface area (Å²) in [7, 11) is 0. The Hall–Kier alpha value is -2.28. The molecule has 1 atom stereocenters. The normalized spacial score (nSPS) is 20.7. The molecular weight excluding hydrogens is 323 g/mol. The van der Waals surface area contributed by atoms with Gasteiger partial charge in [0.1, 0.15) is 11.5 Å². The second-order valence-electron chi connectivity index (χ2n) is 7.11. The Bertz CT molecular complexity index is 777. The summed E-state index contributed by atoms with van der Waals surface area (Å²) in [4.78, 5) is 14.9. The summed E-state index contributed by atoms with van der Waals surface area (Å²) in [6.07, 6.45) is 3.72. The highest BCUT2D eigenvalue weighted by molar-refractivity contribution is 5.90. The maximum absolute atomic E-state index is 13.2. The van der Waals surface area contributed by atoms with E-state index in [-0.39, 0.29) is 17.8 Å². The molecule has 0 spiro atoms. The van der Waals surface area contributed by atoms with Crippen LogP contribution in [0.15, 0.2) is 30.5 Å². The van der Waals surface area contributed by atoms with Crippen molar-refractivity contribution >= 4 is 5.91 Å². The number of aliphatic hydroxyl groups excluding tert-OH is 1. The zero-order chi connectivity index (χ0) is 17.6. The molecule has 1 aliphatic heterocycles. The molecule has 7 heteroatoms. The molecule has 1 aliphatic carbocycles. The molecule has 2 aliphatic rings. The van der Waals surface area contributed by atoms with Gasteiger partial charge >= 0.3 is 0 Å². The standard InChI is InChI=1S/C18H21FN4O2/c1-12(24)16-11-23(21-20-16)15-9-22(10-15)17(25)18(7-2-8-18)13-3-5-14(19)6-4-13/h3-6,11-12,15,24H,2,7-10H2,1H3/t12-/m1/s1. The van der Waals surface area contributed by atoms with Gasteiger partial charge in [-0.05, 0) is 37.5 Å². The summed E-state index contributed by atoms with van der Waals surface area (Å²) in [6.45, 7) is 2.82. The average molecular weight is 344 g/mol. The van der Waals surface area contributed by atoms with E-state index in [1.54, 1.807) is 29.9 Å². The van der Waals surface area contributed by atoms with Crippen molar-refractivity contribution in [3.8, 4) is 0 Å². The molecule has 1 aromatic heterocycles. The van der Waals surface area contributed by atoms with E-state index in [0.29, 0.717) is 18.8 Å². The molecule has 2 heterocycles. The van der Waals surface area contributed by atoms with E-state index in [1.165, 1.54) is 12.1 Å². The molecule has 1 saturated carbocycles. The molecule has 1 aromatic carbocycles. The quantitative estimate of drug-likeness (QED) is 0.921. The summed E-state index contributed by atoms with van der Waals surface area (Å²) >= 11 is 0. The first-order chi connectivity index (χ1) is 12.0. The molecule has 25 heavy (non-hydrogen) atoms. The predicted octanol–water partition coefficient (Wildman–Crippen LogP) is 1.98. The Morgan fingerprint density at radius 1 is 1.32 bits per heavy atom. The topological polar surface area (TPSA) is 71.2 Å². The molecule has 2 aromatic rings. The SMILES string of the molecule is C[C@@H](O)c1cn(C2CN(C(=O)C3(c4ccc(F)cc4)CCC3)C2)nn1. The Kier molecular flexibility index (Phi) is 3.83. The molecule has 6 nitrogen and oxygen atoms in total. The van der Waals surface area contributed by atoms with E-state index in [4.69, 9.17) is 0 Å². The minimum Gasteiger partial charge on any atom is -0.387 e. The second-order valence-corrected chi connectivity index (χ2v) is 7.11. The molecule has 2 fully saturated rings. The summed E-state index contributed by atoms with van der Waals surface area (Å²) in [6, 6.07) is 6.41. The summed E-state index contributed by atoms with van der Waals surface area (Å²) in [5.74, 6) is -0.160. The van der Waals surface area contributed by atoms with Crippen LogP contribution in [-0.2, 0) is 10.2 Å². The maximum Gasteiger partial charge on any atom is 0.233 e. The number of hydrogen-bond donors (Lipinski definition) is 1. The van der Waals surface area contributed by atoms with Crippen LogP contribution in [-0.4, -0.2) is 44.0 Å². The number of benzene rings is 1. The summed E-state index contributed by atoms with van der Waals surface area (Å²) in [5.41, 5.74) is 0.948. The van der Waals surface area contributed by atoms with Crippen molar-refractivity contribution in [3.05, 3.63) is 47.5 Å². The van der Waals surface area contributed by atoms with E-state index in [1.807, 2.05) is 4.90 Å². The lowest BCUT2D eigenvalue weighted by atomic mass is 9.63. The van der Waals surface area contributed by atoms with E-state index in [9.17, 15) is 14.3 Å². The van der Waals surface area contributed by atoms with Gasteiger partial charge in [-0.15, -0.1) is 5.10 Å². The highest BCUT2D eigenvalue weighted by Gasteiger charge is 2.50. The van der Waals surface area contributed by atoms with Gasteiger partial charge in [-0.25, -0.2) is 9.07 Å². The van der Waals surface area contributed by atoms with Gasteiger partial charge in [-0.3, -0.25) is 4.79 Å². The number of amides is 1. The van der Waals surface area contributed by atoms with Crippen LogP contribution in [0, 0.1) is 5.82 Å². The van der Waals surface area contributed by atoms with Crippen LogP contribution in [0.1, 0.15) is 49.6 Å². The lowest BCUT2D eigenvalue weighted by Gasteiger charge is -2.48. The van der Waals surface area contributed by atoms with Crippen LogP contribution in [0.4, 0.5) is 4.39 Å². The zero-order valence-electron chi connectivity index (χ0n) is 14.1. The molecule has 132 valence electrons. The third-order valence-electron chi connectivity index (χ3n) is 5.49. The van der Waals surface area contributed by atoms with Gasteiger partial charge in [-0.2, -0.15) is 0 Å². The van der Waals surface area contributed by atoms with Crippen LogP contribution in [0.25, 0.3) is 0 Å². The third-order valence-corrected chi connectivity index (χ3v) is 5.49. The van der Waals surface area contributed by atoms with Crippen molar-refractivity contribution in [2.75, 3.05) is 13.1 Å². The molecule has 0 bridgehead atoms. The van der Waals surface area contributed by atoms with Gasteiger partial charge in [0, 0.05) is 13.1 Å². The predicted molar refractivity (Wildman–Crippen MR) is 88.2 cm³/mol. The number of aromatic nitrogens is 3. The number of hydrogen-bond acceptors (Lipinski definition) is 4. The smallest absolute Gasteiger partial charge is 0.233 e. The van der Waals surface area contributed by atoms with Crippen LogP contribution >= 0.6 is 0 Å². The van der Waals surface area contributed by atoms with Crippen molar-refractivity contribution < 1.29 is 14.3 Å². The molecule has 0 unspecified atom stereocenters. The van der Waals surface area contributed by atoms with Crippen molar-refractivity contribution in [3.63, 3.8) is 0 Å². The van der Waals surface area contributed by atoms with Crippen molar-refractivity contribution in [1.29, 1.82) is 0 Å². The van der Waals surface area contributed by atoms with Crippen LogP contribution < -0.4 is 0 Å². The Morgan fingerprint density at radius 2 is 2.00 bits per heavy atom. The van der Waals surface area contributed by atoms with Gasteiger partial charge in [0.05, 0.1) is 23.8 Å². The van der Waals surface area contributed by atoms with Crippen LogP contribution in [0.5, 0.6) is 0 Å². The number of carbonyl (C=O) groups is 1. The number of rotatable bonds is 4. The van der Waals surface area contributed by atoms with Gasteiger partial charge < -0.3 is 10.0 Å². The summed E-state index contributed by atoms with van der Waals surface area (Å²) in [5, 5.41) is 17.5. The molecule has 1 saturated heterocycles. The van der Waals surface area contributed by atoms with Crippen LogP contribution in [0.2, 0.25) is 0 Å². The van der Waals surface area contributed by atoms with Gasteiger partial charge in [0.15, 0.2) is 0 Å². The van der Waals surface area contributed by atoms with Gasteiger partial charge in [0.25, 0.3) is 0 Å². The van der Waals surface area contributed by atoms with Crippen molar-refractivity contribution in [2.24, 2.45) is 0 Å². The first-order valence-electron chi connectivity index (χ1n) is 8.65. The Morgan fingerprint density at radius 3 is 2.52 bits per heavy atom. The minimum atomic E-state index is -0.650. The van der Waals surface area contributed by atoms with E-state index in [2.05, 4.69) is 10.3 Å². The highest BCUT2D eigenvalue weighted by Crippen LogP contribution is 2.46. The van der Waals surface area contributed by atoms with Crippen molar-refractivity contribution in [2.45, 2.75) is 43.7 Å². The number of aliphatic hydroxyl groups is 1. The highest BCUT2D eigenvalue weighted by atomic mass is 19.1. The minimum absolute atomic E-state index is 0.0919. The van der Waals surface area contributed by atoms with Crippen LogP contribution in [0.3, 0.4) is 0 Å². The van der Waals surface area contributed by atoms with E-state index >= 15 is 0 Å². The number of likely N-dealkylation sites (tertiary alicyclic amines) is 1. The number of halogens is 1. The lowest BCUT2D eigenvalue weighted by molar-refractivity contribution is -0.147. The Balaban J connectivity index is 1.46. The molecule has 1 N–H and O–H groups in total. The fourth-order valence-corrected chi connectivity index (χ4v) is 3.68. The second kappa shape index (κ2) is 5.91. The largest absolute Gasteiger partial charge is 0.387 e. The monoisotopic (exact) mass is 344 g/mol. The van der Waals surface area contributed by atoms with Gasteiger partial charge in [-0.1, -0.05) is 23.8 Å². The fraction of sp³-hybridized carbons (Fsp3) is 0.500. The molecule has 0 radical (unpaired) electrons. The molecule has 1 amide bonds. The molecule has 4 rings (SSSR count). The zero-order valence-corrected chi connectivity index (χ0v) is 14.1. The number of nitrogens with zero attached hydrogens (tertiary/aromatic N) is 4. The number of carbonyl (C=O) groups excluding carboxylic acids is 1. The Labute approximate surface area is 145 Å². The van der Waals surface area contributed by atoms with E-state index in [0.717, 1.165) is 24.8 Å². The summed E-state index contributed by atoms with van der Waals surface area (Å²) < 4.78 is 14.9. The van der Waals surface area contributed by atoms with Gasteiger partial charge in [0.2, 0.25) is 5.91 Å². The maximum atomic E-state index is 13.2. The molecular formula is C18H21FN4O2. The average Bonchev–Trinajstić information content (AvgIpc) is 2.96. The third kappa shape index (κ3) is 2.63. The van der Waals surface area contributed by atoms with E-state index < -0.39 is 11.5 Å².